The lowest BCUT2D eigenvalue weighted by Crippen LogP contribution is -2.37. The predicted octanol–water partition coefficient (Wildman–Crippen LogP) is 3.29. The number of carbonyl (C=O) groups excluding carboxylic acids is 1. The van der Waals surface area contributed by atoms with Gasteiger partial charge in [-0.25, -0.2) is 0 Å². The fraction of sp³-hybridized carbons (Fsp3) is 0.389. The molecule has 0 bridgehead atoms. The van der Waals surface area contributed by atoms with Gasteiger partial charge >= 0.3 is 0 Å². The first-order chi connectivity index (χ1) is 11.7. The van der Waals surface area contributed by atoms with E-state index in [9.17, 15) is 4.79 Å². The highest BCUT2D eigenvalue weighted by atomic mass is 35.5. The second-order valence-corrected chi connectivity index (χ2v) is 6.84. The Balaban J connectivity index is 2.88. The minimum absolute atomic E-state index is 0.215. The maximum absolute atomic E-state index is 12.5. The third-order valence-electron chi connectivity index (χ3n) is 3.75. The predicted molar refractivity (Wildman–Crippen MR) is 105 cm³/mol. The fourth-order valence-electron chi connectivity index (χ4n) is 2.08. The summed E-state index contributed by atoms with van der Waals surface area (Å²) in [5.41, 5.74) is 9.03. The lowest BCUT2D eigenvalue weighted by atomic mass is 10.1. The number of hydrogen-bond acceptors (Lipinski definition) is 4. The number of carbonyl (C=O) groups is 1. The Kier molecular flexibility index (Phi) is 8.29. The van der Waals surface area contributed by atoms with Gasteiger partial charge in [-0.05, 0) is 56.5 Å². The molecule has 0 saturated heterocycles. The zero-order valence-corrected chi connectivity index (χ0v) is 16.8. The van der Waals surface area contributed by atoms with Crippen molar-refractivity contribution in [1.29, 1.82) is 0 Å². The average Bonchev–Trinajstić information content (AvgIpc) is 2.54. The Bertz CT molecular complexity index is 692. The third kappa shape index (κ3) is 6.27. The molecule has 1 amide bonds. The molecule has 0 aliphatic rings. The Labute approximate surface area is 159 Å². The zero-order chi connectivity index (χ0) is 19.1. The van der Waals surface area contributed by atoms with E-state index in [1.807, 2.05) is 33.8 Å². The van der Waals surface area contributed by atoms with E-state index in [4.69, 9.17) is 28.9 Å². The molecule has 0 spiro atoms. The average molecular weight is 385 g/mol. The van der Waals surface area contributed by atoms with Gasteiger partial charge in [-0.2, -0.15) is 0 Å². The van der Waals surface area contributed by atoms with Crippen LogP contribution in [0.5, 0.6) is 0 Å². The van der Waals surface area contributed by atoms with E-state index >= 15 is 0 Å². The van der Waals surface area contributed by atoms with Gasteiger partial charge < -0.3 is 21.7 Å². The zero-order valence-electron chi connectivity index (χ0n) is 15.3. The Morgan fingerprint density at radius 2 is 1.84 bits per heavy atom. The molecule has 0 heterocycles. The smallest absolute Gasteiger partial charge is 0.272 e. The summed E-state index contributed by atoms with van der Waals surface area (Å²) in [4.78, 5) is 12.5. The molecule has 1 aromatic rings. The van der Waals surface area contributed by atoms with Crippen molar-refractivity contribution in [2.45, 2.75) is 40.3 Å². The molecule has 1 unspecified atom stereocenters. The molecule has 7 heteroatoms. The van der Waals surface area contributed by atoms with Crippen molar-refractivity contribution in [1.82, 2.24) is 16.0 Å². The van der Waals surface area contributed by atoms with Crippen LogP contribution >= 0.6 is 23.2 Å². The van der Waals surface area contributed by atoms with Gasteiger partial charge in [-0.15, -0.1) is 0 Å². The molecule has 0 fully saturated rings. The van der Waals surface area contributed by atoms with Crippen molar-refractivity contribution in [2.24, 2.45) is 5.73 Å². The summed E-state index contributed by atoms with van der Waals surface area (Å²) in [7, 11) is 1.70. The van der Waals surface area contributed by atoms with Crippen molar-refractivity contribution in [3.05, 3.63) is 56.5 Å². The molecular formula is C18H26Cl2N4O. The first-order valence-corrected chi connectivity index (χ1v) is 8.73. The summed E-state index contributed by atoms with van der Waals surface area (Å²) in [6.07, 6.45) is 0. The number of amides is 1. The highest BCUT2D eigenvalue weighted by Crippen LogP contribution is 2.22. The molecule has 0 aliphatic heterocycles. The van der Waals surface area contributed by atoms with E-state index in [-0.39, 0.29) is 11.9 Å². The van der Waals surface area contributed by atoms with Gasteiger partial charge in [0.25, 0.3) is 5.91 Å². The van der Waals surface area contributed by atoms with Gasteiger partial charge in [-0.3, -0.25) is 4.79 Å². The van der Waals surface area contributed by atoms with Crippen molar-refractivity contribution in [3.63, 3.8) is 0 Å². The van der Waals surface area contributed by atoms with Crippen LogP contribution in [0.1, 0.15) is 33.3 Å². The molecule has 1 atom stereocenters. The molecule has 25 heavy (non-hydrogen) atoms. The van der Waals surface area contributed by atoms with Gasteiger partial charge in [0.15, 0.2) is 0 Å². The quantitative estimate of drug-likeness (QED) is 0.543. The van der Waals surface area contributed by atoms with Crippen molar-refractivity contribution < 1.29 is 4.79 Å². The van der Waals surface area contributed by atoms with Crippen LogP contribution in [0.4, 0.5) is 0 Å². The summed E-state index contributed by atoms with van der Waals surface area (Å²) in [5.74, 6) is 0.399. The first-order valence-electron chi connectivity index (χ1n) is 7.98. The monoisotopic (exact) mass is 384 g/mol. The van der Waals surface area contributed by atoms with Crippen LogP contribution < -0.4 is 21.7 Å². The SMILES string of the molecule is CN/C(C(=O)NC(NCc1ccc(Cl)c(Cl)c1)=C(C)C)=C(/C)C(C)N. The van der Waals surface area contributed by atoms with Crippen molar-refractivity contribution in [2.75, 3.05) is 7.05 Å². The van der Waals surface area contributed by atoms with E-state index in [1.54, 1.807) is 19.2 Å². The molecule has 138 valence electrons. The van der Waals surface area contributed by atoms with Crippen LogP contribution in [0.15, 0.2) is 40.9 Å². The number of nitrogens with one attached hydrogen (secondary N) is 3. The van der Waals surface area contributed by atoms with Gasteiger partial charge in [-0.1, -0.05) is 29.3 Å². The van der Waals surface area contributed by atoms with E-state index < -0.39 is 0 Å². The topological polar surface area (TPSA) is 79.2 Å². The van der Waals surface area contributed by atoms with Crippen molar-refractivity contribution in [3.8, 4) is 0 Å². The molecule has 0 aliphatic carbocycles. The highest BCUT2D eigenvalue weighted by Gasteiger charge is 2.15. The minimum atomic E-state index is -0.241. The largest absolute Gasteiger partial charge is 0.384 e. The van der Waals surface area contributed by atoms with E-state index in [0.717, 1.165) is 16.7 Å². The minimum Gasteiger partial charge on any atom is -0.384 e. The summed E-state index contributed by atoms with van der Waals surface area (Å²) in [6.45, 7) is 8.01. The summed E-state index contributed by atoms with van der Waals surface area (Å²) in [5, 5.41) is 10.0. The second kappa shape index (κ2) is 9.70. The van der Waals surface area contributed by atoms with E-state index in [1.165, 1.54) is 0 Å². The number of hydrogen-bond donors (Lipinski definition) is 4. The van der Waals surface area contributed by atoms with Gasteiger partial charge in [0.2, 0.25) is 0 Å². The van der Waals surface area contributed by atoms with Crippen LogP contribution in [0, 0.1) is 0 Å². The Morgan fingerprint density at radius 1 is 1.20 bits per heavy atom. The van der Waals surface area contributed by atoms with E-state index in [0.29, 0.717) is 28.1 Å². The molecule has 5 N–H and O–H groups in total. The number of halogens is 2. The molecule has 5 nitrogen and oxygen atoms in total. The van der Waals surface area contributed by atoms with Gasteiger partial charge in [0, 0.05) is 19.6 Å². The Morgan fingerprint density at radius 3 is 2.32 bits per heavy atom. The number of rotatable bonds is 7. The lowest BCUT2D eigenvalue weighted by Gasteiger charge is -2.18. The number of allylic oxidation sites excluding steroid dienone is 1. The molecular weight excluding hydrogens is 359 g/mol. The molecule has 0 saturated carbocycles. The molecule has 1 rings (SSSR count). The Hall–Kier alpha value is -1.69. The molecule has 1 aromatic carbocycles. The normalized spacial score (nSPS) is 12.8. The van der Waals surface area contributed by atoms with Crippen molar-refractivity contribution >= 4 is 29.1 Å². The van der Waals surface area contributed by atoms with Crippen LogP contribution in [0.25, 0.3) is 0 Å². The van der Waals surface area contributed by atoms with Gasteiger partial charge in [0.05, 0.1) is 10.0 Å². The molecule has 0 aromatic heterocycles. The summed E-state index contributed by atoms with van der Waals surface area (Å²) in [6, 6.07) is 5.20. The number of nitrogens with two attached hydrogens (primary N) is 1. The standard InChI is InChI=1S/C18H26Cl2N4O/c1-10(2)17(23-9-13-6-7-14(19)15(20)8-13)24-18(25)16(22-5)11(3)12(4)21/h6-8,12,22-23H,9,21H2,1-5H3,(H,24,25)/b16-11-. The maximum Gasteiger partial charge on any atom is 0.272 e. The first kappa shape index (κ1) is 21.4. The van der Waals surface area contributed by atoms with Gasteiger partial charge in [0.1, 0.15) is 11.5 Å². The number of benzene rings is 1. The van der Waals surface area contributed by atoms with Crippen LogP contribution in [0.2, 0.25) is 10.0 Å². The van der Waals surface area contributed by atoms with Crippen LogP contribution in [-0.4, -0.2) is 19.0 Å². The summed E-state index contributed by atoms with van der Waals surface area (Å²) >= 11 is 12.0. The lowest BCUT2D eigenvalue weighted by molar-refractivity contribution is -0.117. The fourth-order valence-corrected chi connectivity index (χ4v) is 2.40. The van der Waals surface area contributed by atoms with E-state index in [2.05, 4.69) is 16.0 Å². The summed E-state index contributed by atoms with van der Waals surface area (Å²) < 4.78 is 0. The third-order valence-corrected chi connectivity index (χ3v) is 4.49. The number of likely N-dealkylation sites (N-methyl/N-ethyl adjacent to an activating group) is 1. The second-order valence-electron chi connectivity index (χ2n) is 6.03. The molecule has 0 radical (unpaired) electrons. The van der Waals surface area contributed by atoms with Crippen LogP contribution in [-0.2, 0) is 11.3 Å². The maximum atomic E-state index is 12.5. The van der Waals surface area contributed by atoms with Crippen LogP contribution in [0.3, 0.4) is 0 Å². The highest BCUT2D eigenvalue weighted by molar-refractivity contribution is 6.42.